The maximum atomic E-state index is 4.49. The first-order chi connectivity index (χ1) is 9.88. The molecule has 1 N–H and O–H groups in total. The number of rotatable bonds is 5. The quantitative estimate of drug-likeness (QED) is 0.771. The summed E-state index contributed by atoms with van der Waals surface area (Å²) in [4.78, 5) is 8.90. The van der Waals surface area contributed by atoms with Crippen molar-refractivity contribution in [3.8, 4) is 0 Å². The smallest absolute Gasteiger partial charge is 0.109 e. The molecule has 0 bridgehead atoms. The van der Waals surface area contributed by atoms with Crippen molar-refractivity contribution in [3.05, 3.63) is 58.7 Å². The molecular formula is C16H17N3S. The van der Waals surface area contributed by atoms with Gasteiger partial charge in [0.15, 0.2) is 0 Å². The minimum absolute atomic E-state index is 0.314. The van der Waals surface area contributed by atoms with Crippen LogP contribution >= 0.6 is 11.3 Å². The molecular weight excluding hydrogens is 266 g/mol. The molecule has 0 radical (unpaired) electrons. The number of nitrogens with one attached hydrogen (secondary N) is 1. The minimum Gasteiger partial charge on any atom is -0.304 e. The third kappa shape index (κ3) is 2.71. The zero-order valence-corrected chi connectivity index (χ0v) is 12.2. The maximum absolute atomic E-state index is 4.49. The Bertz CT molecular complexity index is 674. The fourth-order valence-electron chi connectivity index (χ4n) is 2.36. The summed E-state index contributed by atoms with van der Waals surface area (Å²) < 4.78 is 0. The third-order valence-corrected chi connectivity index (χ3v) is 4.30. The zero-order chi connectivity index (χ0) is 13.8. The fraction of sp³-hybridized carbons (Fsp3) is 0.250. The van der Waals surface area contributed by atoms with Gasteiger partial charge in [0.2, 0.25) is 0 Å². The van der Waals surface area contributed by atoms with Crippen LogP contribution in [0, 0.1) is 0 Å². The van der Waals surface area contributed by atoms with Gasteiger partial charge >= 0.3 is 0 Å². The highest BCUT2D eigenvalue weighted by Crippen LogP contribution is 2.21. The average molecular weight is 283 g/mol. The number of hydrogen-bond acceptors (Lipinski definition) is 4. The van der Waals surface area contributed by atoms with Gasteiger partial charge in [0, 0.05) is 29.7 Å². The summed E-state index contributed by atoms with van der Waals surface area (Å²) >= 11 is 1.71. The number of aromatic nitrogens is 2. The van der Waals surface area contributed by atoms with Crippen molar-refractivity contribution < 1.29 is 0 Å². The summed E-state index contributed by atoms with van der Waals surface area (Å²) in [7, 11) is 0. The number of para-hydroxylation sites is 1. The van der Waals surface area contributed by atoms with E-state index in [0.717, 1.165) is 23.5 Å². The van der Waals surface area contributed by atoms with Gasteiger partial charge in [-0.05, 0) is 18.1 Å². The van der Waals surface area contributed by atoms with Crippen molar-refractivity contribution >= 4 is 22.2 Å². The summed E-state index contributed by atoms with van der Waals surface area (Å²) in [6.45, 7) is 2.99. The van der Waals surface area contributed by atoms with Crippen LogP contribution in [0.25, 0.3) is 10.9 Å². The van der Waals surface area contributed by atoms with Crippen molar-refractivity contribution in [2.45, 2.75) is 25.9 Å². The summed E-state index contributed by atoms with van der Waals surface area (Å²) in [5.41, 5.74) is 2.31. The van der Waals surface area contributed by atoms with Crippen molar-refractivity contribution in [2.24, 2.45) is 0 Å². The molecule has 1 atom stereocenters. The van der Waals surface area contributed by atoms with E-state index in [0.29, 0.717) is 6.04 Å². The van der Waals surface area contributed by atoms with Crippen molar-refractivity contribution in [3.63, 3.8) is 0 Å². The second-order valence-electron chi connectivity index (χ2n) is 4.70. The molecule has 2 aromatic heterocycles. The Balaban J connectivity index is 1.80. The molecule has 1 aromatic carbocycles. The highest BCUT2D eigenvalue weighted by atomic mass is 32.1. The van der Waals surface area contributed by atoms with Crippen molar-refractivity contribution in [1.82, 2.24) is 15.3 Å². The highest BCUT2D eigenvalue weighted by Gasteiger charge is 2.11. The Morgan fingerprint density at radius 1 is 1.15 bits per heavy atom. The average Bonchev–Trinajstić information content (AvgIpc) is 3.02. The van der Waals surface area contributed by atoms with Crippen LogP contribution in [-0.2, 0) is 6.54 Å². The Hall–Kier alpha value is -1.78. The van der Waals surface area contributed by atoms with Gasteiger partial charge < -0.3 is 5.32 Å². The van der Waals surface area contributed by atoms with E-state index in [1.165, 1.54) is 10.9 Å². The van der Waals surface area contributed by atoms with E-state index in [4.69, 9.17) is 0 Å². The largest absolute Gasteiger partial charge is 0.304 e. The number of fused-ring (bicyclic) bond motifs is 1. The van der Waals surface area contributed by atoms with Gasteiger partial charge in [-0.2, -0.15) is 0 Å². The van der Waals surface area contributed by atoms with Gasteiger partial charge in [-0.15, -0.1) is 11.3 Å². The molecule has 20 heavy (non-hydrogen) atoms. The van der Waals surface area contributed by atoms with Crippen molar-refractivity contribution in [1.29, 1.82) is 0 Å². The first-order valence-corrected chi connectivity index (χ1v) is 7.72. The molecule has 0 aliphatic heterocycles. The van der Waals surface area contributed by atoms with E-state index in [2.05, 4.69) is 46.5 Å². The Labute approximate surface area is 122 Å². The Kier molecular flexibility index (Phi) is 4.04. The van der Waals surface area contributed by atoms with E-state index in [9.17, 15) is 0 Å². The van der Waals surface area contributed by atoms with Crippen LogP contribution in [0.4, 0.5) is 0 Å². The number of benzene rings is 1. The predicted octanol–water partition coefficient (Wildman–Crippen LogP) is 3.93. The predicted molar refractivity (Wildman–Crippen MR) is 83.7 cm³/mol. The van der Waals surface area contributed by atoms with E-state index in [-0.39, 0.29) is 0 Å². The molecule has 1 unspecified atom stereocenters. The van der Waals surface area contributed by atoms with E-state index in [1.807, 2.05) is 23.8 Å². The lowest BCUT2D eigenvalue weighted by Gasteiger charge is -2.15. The highest BCUT2D eigenvalue weighted by molar-refractivity contribution is 7.09. The van der Waals surface area contributed by atoms with Gasteiger partial charge in [-0.25, -0.2) is 4.98 Å². The SMILES string of the molecule is CCC(NCc1cccc2cccnc12)c1nccs1. The molecule has 3 nitrogen and oxygen atoms in total. The monoisotopic (exact) mass is 283 g/mol. The maximum Gasteiger partial charge on any atom is 0.109 e. The molecule has 0 saturated carbocycles. The molecule has 3 aromatic rings. The topological polar surface area (TPSA) is 37.8 Å². The summed E-state index contributed by atoms with van der Waals surface area (Å²) in [6, 6.07) is 10.7. The normalized spacial score (nSPS) is 12.7. The summed E-state index contributed by atoms with van der Waals surface area (Å²) in [5.74, 6) is 0. The lowest BCUT2D eigenvalue weighted by Crippen LogP contribution is -2.20. The standard InChI is InChI=1S/C16H17N3S/c1-2-14(16-18-9-10-20-16)19-11-13-6-3-5-12-7-4-8-17-15(12)13/h3-10,14,19H,2,11H2,1H3. The number of thiazole rings is 1. The molecule has 0 aliphatic carbocycles. The molecule has 0 spiro atoms. The Morgan fingerprint density at radius 2 is 2.05 bits per heavy atom. The molecule has 0 amide bonds. The molecule has 102 valence electrons. The summed E-state index contributed by atoms with van der Waals surface area (Å²) in [5, 5.41) is 7.96. The van der Waals surface area contributed by atoms with Crippen molar-refractivity contribution in [2.75, 3.05) is 0 Å². The molecule has 4 heteroatoms. The first-order valence-electron chi connectivity index (χ1n) is 6.84. The second-order valence-corrected chi connectivity index (χ2v) is 5.63. The Morgan fingerprint density at radius 3 is 2.85 bits per heavy atom. The zero-order valence-electron chi connectivity index (χ0n) is 11.4. The van der Waals surface area contributed by atoms with Crippen LogP contribution in [0.3, 0.4) is 0 Å². The summed E-state index contributed by atoms with van der Waals surface area (Å²) in [6.07, 6.45) is 4.75. The molecule has 2 heterocycles. The van der Waals surface area contributed by atoms with Crippen LogP contribution in [0.1, 0.15) is 30.0 Å². The van der Waals surface area contributed by atoms with Gasteiger partial charge in [-0.1, -0.05) is 31.2 Å². The molecule has 0 saturated heterocycles. The number of hydrogen-bond donors (Lipinski definition) is 1. The van der Waals surface area contributed by atoms with Gasteiger partial charge in [0.25, 0.3) is 0 Å². The third-order valence-electron chi connectivity index (χ3n) is 3.41. The van der Waals surface area contributed by atoms with Crippen LogP contribution in [-0.4, -0.2) is 9.97 Å². The number of nitrogens with zero attached hydrogens (tertiary/aromatic N) is 2. The lowest BCUT2D eigenvalue weighted by atomic mass is 10.1. The first kappa shape index (κ1) is 13.2. The van der Waals surface area contributed by atoms with Crippen LogP contribution in [0.2, 0.25) is 0 Å². The van der Waals surface area contributed by atoms with E-state index in [1.54, 1.807) is 11.3 Å². The fourth-order valence-corrected chi connectivity index (χ4v) is 3.15. The number of pyridine rings is 1. The minimum atomic E-state index is 0.314. The molecule has 0 fully saturated rings. The van der Waals surface area contributed by atoms with E-state index >= 15 is 0 Å². The van der Waals surface area contributed by atoms with Crippen LogP contribution < -0.4 is 5.32 Å². The van der Waals surface area contributed by atoms with Gasteiger partial charge in [0.05, 0.1) is 11.6 Å². The molecule has 0 aliphatic rings. The lowest BCUT2D eigenvalue weighted by molar-refractivity contribution is 0.517. The van der Waals surface area contributed by atoms with Gasteiger partial charge in [0.1, 0.15) is 5.01 Å². The van der Waals surface area contributed by atoms with Crippen LogP contribution in [0.15, 0.2) is 48.1 Å². The van der Waals surface area contributed by atoms with E-state index < -0.39 is 0 Å². The van der Waals surface area contributed by atoms with Crippen LogP contribution in [0.5, 0.6) is 0 Å². The molecule has 3 rings (SSSR count). The van der Waals surface area contributed by atoms with Gasteiger partial charge in [-0.3, -0.25) is 4.98 Å². The second kappa shape index (κ2) is 6.11.